The highest BCUT2D eigenvalue weighted by molar-refractivity contribution is 5.97. The number of fused-ring (bicyclic) bond motifs is 1. The van der Waals surface area contributed by atoms with Crippen LogP contribution in [0.5, 0.6) is 0 Å². The third kappa shape index (κ3) is 1.77. The molecule has 1 amide bonds. The molecule has 4 heterocycles. The lowest BCUT2D eigenvalue weighted by atomic mass is 9.78. The van der Waals surface area contributed by atoms with Crippen LogP contribution in [0.4, 0.5) is 5.69 Å². The van der Waals surface area contributed by atoms with Crippen LogP contribution in [0.15, 0.2) is 16.9 Å². The predicted molar refractivity (Wildman–Crippen MR) is 71.1 cm³/mol. The molecule has 0 bridgehead atoms. The molecule has 1 N–H and O–H groups in total. The van der Waals surface area contributed by atoms with Crippen LogP contribution in [0.2, 0.25) is 0 Å². The van der Waals surface area contributed by atoms with Gasteiger partial charge in [0, 0.05) is 13.0 Å². The molecule has 2 saturated heterocycles. The summed E-state index contributed by atoms with van der Waals surface area (Å²) in [7, 11) is 0. The summed E-state index contributed by atoms with van der Waals surface area (Å²) >= 11 is 0. The highest BCUT2D eigenvalue weighted by Crippen LogP contribution is 2.41. The van der Waals surface area contributed by atoms with Crippen LogP contribution < -0.4 is 10.2 Å². The molecule has 0 radical (unpaired) electrons. The molecule has 2 aliphatic rings. The third-order valence-electron chi connectivity index (χ3n) is 4.40. The Bertz CT molecular complexity index is 662. The van der Waals surface area contributed by atoms with E-state index in [4.69, 9.17) is 0 Å². The number of amides is 1. The fourth-order valence-electron chi connectivity index (χ4n) is 3.25. The van der Waals surface area contributed by atoms with E-state index < -0.39 is 0 Å². The Hall–Kier alpha value is -2.02. The van der Waals surface area contributed by atoms with Gasteiger partial charge in [-0.25, -0.2) is 9.61 Å². The van der Waals surface area contributed by atoms with E-state index in [0.29, 0.717) is 17.6 Å². The lowest BCUT2D eigenvalue weighted by Gasteiger charge is -2.32. The first-order valence-electron chi connectivity index (χ1n) is 6.85. The highest BCUT2D eigenvalue weighted by Gasteiger charge is 2.44. The van der Waals surface area contributed by atoms with Gasteiger partial charge in [0.05, 0.1) is 11.9 Å². The number of rotatable bonds is 1. The normalized spacial score (nSPS) is 22.0. The number of anilines is 1. The predicted octanol–water partition coefficient (Wildman–Crippen LogP) is 0.724. The molecule has 2 aromatic rings. The summed E-state index contributed by atoms with van der Waals surface area (Å²) in [6, 6.07) is 1.82. The topological polar surface area (TPSA) is 84.2 Å². The number of nitrogens with zero attached hydrogens (tertiary/aromatic N) is 4. The van der Waals surface area contributed by atoms with Gasteiger partial charge < -0.3 is 10.2 Å². The van der Waals surface area contributed by atoms with Gasteiger partial charge in [0.25, 0.3) is 0 Å². The standard InChI is InChI=1S/C13H15N5O2/c19-11-6-13(1-3-14-4-2-13)8-18(11)9-5-10-12(15-7-9)17-20-16-10/h5,7,14H,1-4,6,8H2. The van der Waals surface area contributed by atoms with Crippen molar-refractivity contribution in [3.05, 3.63) is 12.3 Å². The van der Waals surface area contributed by atoms with Gasteiger partial charge in [-0.3, -0.25) is 4.79 Å². The molecule has 20 heavy (non-hydrogen) atoms. The second-order valence-corrected chi connectivity index (χ2v) is 5.71. The van der Waals surface area contributed by atoms with E-state index in [0.717, 1.165) is 38.2 Å². The van der Waals surface area contributed by atoms with Gasteiger partial charge in [-0.15, -0.1) is 0 Å². The van der Waals surface area contributed by atoms with E-state index in [1.54, 1.807) is 6.20 Å². The van der Waals surface area contributed by atoms with E-state index in [1.165, 1.54) is 0 Å². The Kier molecular flexibility index (Phi) is 2.50. The van der Waals surface area contributed by atoms with Gasteiger partial charge in [0.2, 0.25) is 11.6 Å². The third-order valence-corrected chi connectivity index (χ3v) is 4.40. The van der Waals surface area contributed by atoms with Crippen molar-refractivity contribution in [3.63, 3.8) is 0 Å². The van der Waals surface area contributed by atoms with Crippen LogP contribution >= 0.6 is 0 Å². The smallest absolute Gasteiger partial charge is 0.227 e. The quantitative estimate of drug-likeness (QED) is 0.824. The lowest BCUT2D eigenvalue weighted by Crippen LogP contribution is -2.38. The van der Waals surface area contributed by atoms with Crippen LogP contribution in [0, 0.1) is 5.41 Å². The van der Waals surface area contributed by atoms with Crippen molar-refractivity contribution >= 4 is 22.8 Å². The van der Waals surface area contributed by atoms with Crippen molar-refractivity contribution in [1.82, 2.24) is 20.6 Å². The minimum absolute atomic E-state index is 0.124. The van der Waals surface area contributed by atoms with E-state index >= 15 is 0 Å². The second kappa shape index (κ2) is 4.24. The van der Waals surface area contributed by atoms with Crippen LogP contribution in [0.25, 0.3) is 11.2 Å². The zero-order valence-electron chi connectivity index (χ0n) is 11.0. The molecule has 0 saturated carbocycles. The maximum atomic E-state index is 12.3. The lowest BCUT2D eigenvalue weighted by molar-refractivity contribution is -0.117. The molecule has 0 aromatic carbocycles. The van der Waals surface area contributed by atoms with Gasteiger partial charge in [-0.1, -0.05) is 0 Å². The maximum absolute atomic E-state index is 12.3. The first-order valence-corrected chi connectivity index (χ1v) is 6.85. The Morgan fingerprint density at radius 1 is 1.30 bits per heavy atom. The molecule has 0 unspecified atom stereocenters. The van der Waals surface area contributed by atoms with Crippen LogP contribution in [0.1, 0.15) is 19.3 Å². The molecule has 2 aliphatic heterocycles. The number of pyridine rings is 1. The average molecular weight is 273 g/mol. The molecule has 7 heteroatoms. The molecule has 4 rings (SSSR count). The largest absolute Gasteiger partial charge is 0.317 e. The molecule has 1 spiro atoms. The summed E-state index contributed by atoms with van der Waals surface area (Å²) in [5.74, 6) is 0.171. The van der Waals surface area contributed by atoms with Gasteiger partial charge in [-0.2, -0.15) is 0 Å². The van der Waals surface area contributed by atoms with E-state index in [1.807, 2.05) is 11.0 Å². The molecular formula is C13H15N5O2. The number of piperidine rings is 1. The highest BCUT2D eigenvalue weighted by atomic mass is 16.6. The summed E-state index contributed by atoms with van der Waals surface area (Å²) in [5.41, 5.74) is 1.96. The van der Waals surface area contributed by atoms with Crippen molar-refractivity contribution in [1.29, 1.82) is 0 Å². The molecule has 2 fully saturated rings. The Morgan fingerprint density at radius 3 is 3.00 bits per heavy atom. The van der Waals surface area contributed by atoms with Crippen LogP contribution in [-0.4, -0.2) is 40.8 Å². The van der Waals surface area contributed by atoms with Gasteiger partial charge in [-0.05, 0) is 47.7 Å². The minimum Gasteiger partial charge on any atom is -0.317 e. The monoisotopic (exact) mass is 273 g/mol. The number of carbonyl (C=O) groups excluding carboxylic acids is 1. The number of carbonyl (C=O) groups is 1. The van der Waals surface area contributed by atoms with E-state index in [-0.39, 0.29) is 11.3 Å². The number of aromatic nitrogens is 3. The van der Waals surface area contributed by atoms with Gasteiger partial charge in [0.1, 0.15) is 0 Å². The maximum Gasteiger partial charge on any atom is 0.227 e. The zero-order chi connectivity index (χ0) is 13.6. The van der Waals surface area contributed by atoms with Crippen molar-refractivity contribution in [2.45, 2.75) is 19.3 Å². The molecule has 104 valence electrons. The first-order chi connectivity index (χ1) is 9.76. The Balaban J connectivity index is 1.66. The minimum atomic E-state index is 0.124. The van der Waals surface area contributed by atoms with Gasteiger partial charge >= 0.3 is 0 Å². The zero-order valence-corrected chi connectivity index (χ0v) is 11.0. The van der Waals surface area contributed by atoms with Crippen LogP contribution in [0.3, 0.4) is 0 Å². The fourth-order valence-corrected chi connectivity index (χ4v) is 3.25. The van der Waals surface area contributed by atoms with Crippen LogP contribution in [-0.2, 0) is 4.79 Å². The number of hydrogen-bond donors (Lipinski definition) is 1. The molecule has 0 aliphatic carbocycles. The molecule has 0 atom stereocenters. The Morgan fingerprint density at radius 2 is 2.15 bits per heavy atom. The molecule has 7 nitrogen and oxygen atoms in total. The van der Waals surface area contributed by atoms with Crippen molar-refractivity contribution in [2.24, 2.45) is 5.41 Å². The fraction of sp³-hybridized carbons (Fsp3) is 0.538. The average Bonchev–Trinajstić information content (AvgIpc) is 3.04. The second-order valence-electron chi connectivity index (χ2n) is 5.71. The van der Waals surface area contributed by atoms with Crippen molar-refractivity contribution in [2.75, 3.05) is 24.5 Å². The molecule has 2 aromatic heterocycles. The van der Waals surface area contributed by atoms with E-state index in [9.17, 15) is 4.79 Å². The summed E-state index contributed by atoms with van der Waals surface area (Å²) in [5, 5.41) is 10.8. The number of hydrogen-bond acceptors (Lipinski definition) is 6. The van der Waals surface area contributed by atoms with Crippen molar-refractivity contribution in [3.8, 4) is 0 Å². The van der Waals surface area contributed by atoms with Gasteiger partial charge in [0.15, 0.2) is 5.52 Å². The molecular weight excluding hydrogens is 258 g/mol. The van der Waals surface area contributed by atoms with E-state index in [2.05, 4.69) is 25.2 Å². The summed E-state index contributed by atoms with van der Waals surface area (Å²) in [6.07, 6.45) is 4.40. The SMILES string of the molecule is O=C1CC2(CCNCC2)CN1c1cnc2nonc2c1. The first kappa shape index (κ1) is 11.8. The van der Waals surface area contributed by atoms with Crippen molar-refractivity contribution < 1.29 is 9.42 Å². The summed E-state index contributed by atoms with van der Waals surface area (Å²) in [4.78, 5) is 18.3. The number of nitrogens with one attached hydrogen (secondary N) is 1. The summed E-state index contributed by atoms with van der Waals surface area (Å²) in [6.45, 7) is 2.75. The Labute approximate surface area is 115 Å². The summed E-state index contributed by atoms with van der Waals surface area (Å²) < 4.78 is 4.65.